The monoisotopic (exact) mass is 142 g/mol. The van der Waals surface area contributed by atoms with E-state index in [1.54, 1.807) is 0 Å². The van der Waals surface area contributed by atoms with Crippen LogP contribution in [-0.2, 0) is 0 Å². The van der Waals surface area contributed by atoms with E-state index < -0.39 is 6.17 Å². The average Bonchev–Trinajstić information content (AvgIpc) is 1.95. The second kappa shape index (κ2) is 3.75. The first-order chi connectivity index (χ1) is 4.83. The Hall–Kier alpha value is -0.330. The van der Waals surface area contributed by atoms with Crippen molar-refractivity contribution < 1.29 is 4.39 Å². The van der Waals surface area contributed by atoms with Gasteiger partial charge in [0.05, 0.1) is 0 Å². The van der Waals surface area contributed by atoms with E-state index in [-0.39, 0.29) is 0 Å². The van der Waals surface area contributed by atoms with Crippen molar-refractivity contribution in [3.63, 3.8) is 0 Å². The van der Waals surface area contributed by atoms with Gasteiger partial charge in [-0.05, 0) is 25.7 Å². The Kier molecular flexibility index (Phi) is 2.91. The number of alkyl halides is 1. The molecule has 1 heteroatoms. The van der Waals surface area contributed by atoms with Gasteiger partial charge in [0.25, 0.3) is 0 Å². The summed E-state index contributed by atoms with van der Waals surface area (Å²) in [5.74, 6) is 0. The zero-order valence-electron chi connectivity index (χ0n) is 6.57. The van der Waals surface area contributed by atoms with Crippen LogP contribution in [0, 0.1) is 0 Å². The molecule has 1 rings (SSSR count). The Bertz CT molecular complexity index is 127. The first kappa shape index (κ1) is 7.77. The molecule has 0 heterocycles. The fraction of sp³-hybridized carbons (Fsp3) is 0.778. The minimum Gasteiger partial charge on any atom is -0.247 e. The van der Waals surface area contributed by atoms with Crippen LogP contribution in [0.4, 0.5) is 4.39 Å². The lowest BCUT2D eigenvalue weighted by Crippen LogP contribution is -2.04. The molecule has 0 bridgehead atoms. The zero-order valence-corrected chi connectivity index (χ0v) is 6.57. The minimum absolute atomic E-state index is 0.555. The first-order valence-electron chi connectivity index (χ1n) is 4.15. The van der Waals surface area contributed by atoms with Crippen LogP contribution in [0.3, 0.4) is 0 Å². The van der Waals surface area contributed by atoms with Gasteiger partial charge >= 0.3 is 0 Å². The third kappa shape index (κ3) is 2.13. The third-order valence-electron chi connectivity index (χ3n) is 2.01. The van der Waals surface area contributed by atoms with E-state index in [4.69, 9.17) is 0 Å². The summed E-state index contributed by atoms with van der Waals surface area (Å²) in [5, 5.41) is 0. The van der Waals surface area contributed by atoms with Crippen LogP contribution in [0.1, 0.15) is 39.0 Å². The first-order valence-corrected chi connectivity index (χ1v) is 4.15. The highest BCUT2D eigenvalue weighted by Crippen LogP contribution is 2.23. The molecule has 0 saturated carbocycles. The maximum absolute atomic E-state index is 12.6. The van der Waals surface area contributed by atoms with Gasteiger partial charge in [-0.15, -0.1) is 0 Å². The molecule has 1 unspecified atom stereocenters. The highest BCUT2D eigenvalue weighted by molar-refractivity contribution is 5.06. The fourth-order valence-corrected chi connectivity index (χ4v) is 1.40. The zero-order chi connectivity index (χ0) is 7.40. The van der Waals surface area contributed by atoms with E-state index in [1.165, 1.54) is 18.4 Å². The van der Waals surface area contributed by atoms with Crippen molar-refractivity contribution in [3.8, 4) is 0 Å². The molecule has 0 radical (unpaired) electrons. The molecule has 0 nitrogen and oxygen atoms in total. The molecule has 0 aromatic rings. The maximum atomic E-state index is 12.6. The lowest BCUT2D eigenvalue weighted by Gasteiger charge is -2.14. The summed E-state index contributed by atoms with van der Waals surface area (Å²) >= 11 is 0. The molecule has 1 aliphatic rings. The standard InChI is InChI=1S/C9H15F/c1-2-3-8-4-6-9(10)7-5-8/h4,9H,2-3,5-7H2,1H3. The van der Waals surface area contributed by atoms with Gasteiger partial charge in [0.2, 0.25) is 0 Å². The predicted molar refractivity (Wildman–Crippen MR) is 41.7 cm³/mol. The topological polar surface area (TPSA) is 0 Å². The van der Waals surface area contributed by atoms with Crippen molar-refractivity contribution in [2.24, 2.45) is 0 Å². The molecule has 58 valence electrons. The van der Waals surface area contributed by atoms with E-state index >= 15 is 0 Å². The molecule has 0 N–H and O–H groups in total. The van der Waals surface area contributed by atoms with Gasteiger partial charge in [0.15, 0.2) is 0 Å². The van der Waals surface area contributed by atoms with Crippen molar-refractivity contribution in [2.45, 2.75) is 45.2 Å². The second-order valence-electron chi connectivity index (χ2n) is 2.98. The van der Waals surface area contributed by atoms with Crippen LogP contribution in [0.15, 0.2) is 11.6 Å². The summed E-state index contributed by atoms with van der Waals surface area (Å²) in [6, 6.07) is 0. The molecule has 10 heavy (non-hydrogen) atoms. The van der Waals surface area contributed by atoms with Crippen molar-refractivity contribution in [3.05, 3.63) is 11.6 Å². The Morgan fingerprint density at radius 2 is 2.50 bits per heavy atom. The molecule has 0 aromatic carbocycles. The Balaban J connectivity index is 2.33. The van der Waals surface area contributed by atoms with Crippen molar-refractivity contribution in [1.82, 2.24) is 0 Å². The maximum Gasteiger partial charge on any atom is 0.104 e. The normalized spacial score (nSPS) is 26.2. The number of rotatable bonds is 2. The average molecular weight is 142 g/mol. The van der Waals surface area contributed by atoms with E-state index in [2.05, 4.69) is 13.0 Å². The highest BCUT2D eigenvalue weighted by Gasteiger charge is 2.11. The molecule has 0 aliphatic heterocycles. The Morgan fingerprint density at radius 1 is 1.70 bits per heavy atom. The van der Waals surface area contributed by atoms with Gasteiger partial charge in [-0.1, -0.05) is 25.0 Å². The summed E-state index contributed by atoms with van der Waals surface area (Å²) in [7, 11) is 0. The quantitative estimate of drug-likeness (QED) is 0.519. The predicted octanol–water partition coefficient (Wildman–Crippen LogP) is 3.23. The Labute approximate surface area is 62.1 Å². The van der Waals surface area contributed by atoms with Gasteiger partial charge in [0.1, 0.15) is 6.17 Å². The second-order valence-corrected chi connectivity index (χ2v) is 2.98. The van der Waals surface area contributed by atoms with Crippen LogP contribution in [0.2, 0.25) is 0 Å². The van der Waals surface area contributed by atoms with Crippen LogP contribution >= 0.6 is 0 Å². The van der Waals surface area contributed by atoms with Gasteiger partial charge in [-0.25, -0.2) is 4.39 Å². The molecule has 1 atom stereocenters. The van der Waals surface area contributed by atoms with E-state index in [0.717, 1.165) is 12.8 Å². The Morgan fingerprint density at radius 3 is 3.00 bits per heavy atom. The van der Waals surface area contributed by atoms with Crippen LogP contribution in [-0.4, -0.2) is 6.17 Å². The van der Waals surface area contributed by atoms with Gasteiger partial charge < -0.3 is 0 Å². The molecule has 0 fully saturated rings. The molecular weight excluding hydrogens is 127 g/mol. The smallest absolute Gasteiger partial charge is 0.104 e. The van der Waals surface area contributed by atoms with E-state index in [1.807, 2.05) is 0 Å². The van der Waals surface area contributed by atoms with E-state index in [0.29, 0.717) is 6.42 Å². The summed E-state index contributed by atoms with van der Waals surface area (Å²) in [5.41, 5.74) is 1.47. The summed E-state index contributed by atoms with van der Waals surface area (Å²) in [6.07, 6.45) is 6.31. The van der Waals surface area contributed by atoms with Crippen molar-refractivity contribution in [2.75, 3.05) is 0 Å². The molecule has 0 spiro atoms. The lowest BCUT2D eigenvalue weighted by molar-refractivity contribution is 0.306. The minimum atomic E-state index is -0.555. The number of halogens is 1. The molecule has 0 saturated heterocycles. The van der Waals surface area contributed by atoms with Crippen molar-refractivity contribution in [1.29, 1.82) is 0 Å². The summed E-state index contributed by atoms with van der Waals surface area (Å²) in [4.78, 5) is 0. The van der Waals surface area contributed by atoms with Gasteiger partial charge in [-0.2, -0.15) is 0 Å². The van der Waals surface area contributed by atoms with Crippen LogP contribution in [0.25, 0.3) is 0 Å². The summed E-state index contributed by atoms with van der Waals surface area (Å²) in [6.45, 7) is 2.17. The van der Waals surface area contributed by atoms with E-state index in [9.17, 15) is 4.39 Å². The van der Waals surface area contributed by atoms with Crippen molar-refractivity contribution >= 4 is 0 Å². The lowest BCUT2D eigenvalue weighted by atomic mass is 9.95. The molecule has 0 amide bonds. The largest absolute Gasteiger partial charge is 0.247 e. The fourth-order valence-electron chi connectivity index (χ4n) is 1.40. The number of hydrogen-bond donors (Lipinski definition) is 0. The number of hydrogen-bond acceptors (Lipinski definition) is 0. The molecule has 1 aliphatic carbocycles. The third-order valence-corrected chi connectivity index (χ3v) is 2.01. The molecular formula is C9H15F. The highest BCUT2D eigenvalue weighted by atomic mass is 19.1. The van der Waals surface area contributed by atoms with Gasteiger partial charge in [0, 0.05) is 0 Å². The van der Waals surface area contributed by atoms with Crippen LogP contribution < -0.4 is 0 Å². The van der Waals surface area contributed by atoms with Gasteiger partial charge in [-0.3, -0.25) is 0 Å². The van der Waals surface area contributed by atoms with Crippen LogP contribution in [0.5, 0.6) is 0 Å². The number of allylic oxidation sites excluding steroid dienone is 2. The summed E-state index contributed by atoms with van der Waals surface area (Å²) < 4.78 is 12.6. The SMILES string of the molecule is CCCC1=CCC(F)CC1. The molecule has 0 aromatic heterocycles.